The van der Waals surface area contributed by atoms with E-state index < -0.39 is 23.4 Å². The molecule has 0 radical (unpaired) electrons. The van der Waals surface area contributed by atoms with E-state index in [1.54, 1.807) is 65.5 Å². The summed E-state index contributed by atoms with van der Waals surface area (Å²) in [5.74, 6) is 0.698. The maximum absolute atomic E-state index is 12.2. The highest BCUT2D eigenvalue weighted by molar-refractivity contribution is 5.95. The van der Waals surface area contributed by atoms with Gasteiger partial charge in [-0.2, -0.15) is 0 Å². The number of nitrogens with zero attached hydrogens (tertiary/aromatic N) is 2. The predicted molar refractivity (Wildman–Crippen MR) is 124 cm³/mol. The van der Waals surface area contributed by atoms with Crippen molar-refractivity contribution in [3.05, 3.63) is 17.7 Å². The fraction of sp³-hybridized carbons (Fsp3) is 0.652. The number of carbonyl (C=O) groups is 3. The molecule has 1 aliphatic heterocycles. The van der Waals surface area contributed by atoms with E-state index in [1.165, 1.54) is 0 Å². The van der Waals surface area contributed by atoms with Gasteiger partial charge in [0.05, 0.1) is 19.3 Å². The SMILES string of the molecule is CC(COCc1cc(NC(=O)OC(C)(C)C)nc(N2CCCC2=O)c1)NC(=O)OC(C)(C)C. The van der Waals surface area contributed by atoms with E-state index in [0.717, 1.165) is 12.0 Å². The van der Waals surface area contributed by atoms with E-state index in [-0.39, 0.29) is 31.0 Å². The quantitative estimate of drug-likeness (QED) is 0.626. The molecule has 0 aromatic carbocycles. The molecular formula is C23H36N4O6. The van der Waals surface area contributed by atoms with Crippen LogP contribution < -0.4 is 15.5 Å². The molecule has 0 aliphatic carbocycles. The Morgan fingerprint density at radius 1 is 1.09 bits per heavy atom. The highest BCUT2D eigenvalue weighted by Gasteiger charge is 2.24. The smallest absolute Gasteiger partial charge is 0.413 e. The number of pyridine rings is 1. The van der Waals surface area contributed by atoms with Crippen LogP contribution in [0.4, 0.5) is 21.2 Å². The lowest BCUT2D eigenvalue weighted by molar-refractivity contribution is -0.117. The molecular weight excluding hydrogens is 428 g/mol. The molecule has 0 bridgehead atoms. The van der Waals surface area contributed by atoms with Crippen molar-refractivity contribution in [3.8, 4) is 0 Å². The van der Waals surface area contributed by atoms with E-state index in [9.17, 15) is 14.4 Å². The number of alkyl carbamates (subject to hydrolysis) is 1. The molecule has 10 heteroatoms. The Morgan fingerprint density at radius 3 is 2.30 bits per heavy atom. The van der Waals surface area contributed by atoms with Crippen molar-refractivity contribution in [2.75, 3.05) is 23.4 Å². The third-order valence-corrected chi connectivity index (χ3v) is 4.25. The Hall–Kier alpha value is -2.88. The number of aromatic nitrogens is 1. The van der Waals surface area contributed by atoms with Crippen LogP contribution in [0.5, 0.6) is 0 Å². The molecule has 33 heavy (non-hydrogen) atoms. The van der Waals surface area contributed by atoms with E-state index in [0.29, 0.717) is 18.8 Å². The topological polar surface area (TPSA) is 119 Å². The average molecular weight is 465 g/mol. The molecule has 10 nitrogen and oxygen atoms in total. The van der Waals surface area contributed by atoms with Gasteiger partial charge in [0.1, 0.15) is 22.8 Å². The van der Waals surface area contributed by atoms with Gasteiger partial charge in [0.2, 0.25) is 5.91 Å². The minimum atomic E-state index is -0.657. The lowest BCUT2D eigenvalue weighted by atomic mass is 10.2. The summed E-state index contributed by atoms with van der Waals surface area (Å²) in [4.78, 5) is 42.3. The van der Waals surface area contributed by atoms with Crippen LogP contribution in [0, 0.1) is 0 Å². The van der Waals surface area contributed by atoms with Gasteiger partial charge in [-0.05, 0) is 72.6 Å². The summed E-state index contributed by atoms with van der Waals surface area (Å²) in [6.07, 6.45) is 0.0674. The third-order valence-electron chi connectivity index (χ3n) is 4.25. The number of nitrogens with one attached hydrogen (secondary N) is 2. The van der Waals surface area contributed by atoms with Crippen molar-refractivity contribution < 1.29 is 28.6 Å². The van der Waals surface area contributed by atoms with Crippen molar-refractivity contribution >= 4 is 29.7 Å². The van der Waals surface area contributed by atoms with Gasteiger partial charge in [-0.25, -0.2) is 14.6 Å². The summed E-state index contributed by atoms with van der Waals surface area (Å²) < 4.78 is 16.3. The lowest BCUT2D eigenvalue weighted by Crippen LogP contribution is -2.39. The number of ether oxygens (including phenoxy) is 3. The normalized spacial score (nSPS) is 15.2. The highest BCUT2D eigenvalue weighted by Crippen LogP contribution is 2.24. The van der Waals surface area contributed by atoms with Crippen molar-refractivity contribution in [1.29, 1.82) is 0 Å². The molecule has 2 rings (SSSR count). The molecule has 1 aliphatic rings. The van der Waals surface area contributed by atoms with Crippen LogP contribution in [0.3, 0.4) is 0 Å². The Morgan fingerprint density at radius 2 is 1.73 bits per heavy atom. The zero-order valence-electron chi connectivity index (χ0n) is 20.6. The number of rotatable bonds is 7. The molecule has 1 aromatic heterocycles. The summed E-state index contributed by atoms with van der Waals surface area (Å²) in [6.45, 7) is 13.5. The van der Waals surface area contributed by atoms with Crippen LogP contribution in [-0.4, -0.2) is 53.5 Å². The summed E-state index contributed by atoms with van der Waals surface area (Å²) in [7, 11) is 0. The van der Waals surface area contributed by atoms with Crippen molar-refractivity contribution in [1.82, 2.24) is 10.3 Å². The first-order valence-corrected chi connectivity index (χ1v) is 11.1. The Labute approximate surface area is 195 Å². The van der Waals surface area contributed by atoms with Gasteiger partial charge in [-0.1, -0.05) is 0 Å². The second-order valence-corrected chi connectivity index (χ2v) is 10.1. The fourth-order valence-electron chi connectivity index (χ4n) is 3.06. The number of hydrogen-bond donors (Lipinski definition) is 2. The second-order valence-electron chi connectivity index (χ2n) is 10.1. The molecule has 3 amide bonds. The van der Waals surface area contributed by atoms with Gasteiger partial charge in [0.15, 0.2) is 0 Å². The highest BCUT2D eigenvalue weighted by atomic mass is 16.6. The van der Waals surface area contributed by atoms with Crippen LogP contribution in [0.1, 0.15) is 66.9 Å². The summed E-state index contributed by atoms with van der Waals surface area (Å²) >= 11 is 0. The van der Waals surface area contributed by atoms with Crippen LogP contribution in [-0.2, 0) is 25.6 Å². The zero-order chi connectivity index (χ0) is 24.8. The van der Waals surface area contributed by atoms with Crippen molar-refractivity contribution in [2.24, 2.45) is 0 Å². The lowest BCUT2D eigenvalue weighted by Gasteiger charge is -2.22. The Balaban J connectivity index is 2.04. The second kappa shape index (κ2) is 10.8. The number of hydrogen-bond acceptors (Lipinski definition) is 7. The number of anilines is 2. The number of carbonyl (C=O) groups excluding carboxylic acids is 3. The van der Waals surface area contributed by atoms with Gasteiger partial charge in [0, 0.05) is 13.0 Å². The molecule has 184 valence electrons. The maximum atomic E-state index is 12.2. The molecule has 1 unspecified atom stereocenters. The Kier molecular flexibility index (Phi) is 8.65. The van der Waals surface area contributed by atoms with E-state index in [4.69, 9.17) is 14.2 Å². The van der Waals surface area contributed by atoms with Gasteiger partial charge < -0.3 is 19.5 Å². The molecule has 0 saturated carbocycles. The van der Waals surface area contributed by atoms with Crippen molar-refractivity contribution in [2.45, 2.75) is 85.2 Å². The summed E-state index contributed by atoms with van der Waals surface area (Å²) in [6, 6.07) is 3.15. The molecule has 1 aromatic rings. The van der Waals surface area contributed by atoms with Crippen LogP contribution >= 0.6 is 0 Å². The third kappa shape index (κ3) is 9.65. The monoisotopic (exact) mass is 464 g/mol. The molecule has 1 fully saturated rings. The van der Waals surface area contributed by atoms with Gasteiger partial charge >= 0.3 is 12.2 Å². The molecule has 0 spiro atoms. The van der Waals surface area contributed by atoms with Gasteiger partial charge in [-0.3, -0.25) is 15.0 Å². The summed E-state index contributed by atoms with van der Waals surface area (Å²) in [5.41, 5.74) is -0.520. The van der Waals surface area contributed by atoms with E-state index in [2.05, 4.69) is 15.6 Å². The molecule has 1 atom stereocenters. The van der Waals surface area contributed by atoms with Gasteiger partial charge in [-0.15, -0.1) is 0 Å². The largest absolute Gasteiger partial charge is 0.444 e. The predicted octanol–water partition coefficient (Wildman–Crippen LogP) is 3.99. The number of amides is 3. The maximum Gasteiger partial charge on any atom is 0.413 e. The summed E-state index contributed by atoms with van der Waals surface area (Å²) in [5, 5.41) is 5.34. The van der Waals surface area contributed by atoms with Crippen LogP contribution in [0.15, 0.2) is 12.1 Å². The minimum absolute atomic E-state index is 0.0148. The molecule has 2 N–H and O–H groups in total. The standard InChI is InChI=1S/C23H36N4O6/c1-15(24-20(29)32-22(2,3)4)13-31-14-16-11-17(26-21(30)33-23(5,6)7)25-18(12-16)27-10-8-9-19(27)28/h11-12,15H,8-10,13-14H2,1-7H3,(H,24,29)(H,25,26,30). The first kappa shape index (κ1) is 26.4. The minimum Gasteiger partial charge on any atom is -0.444 e. The zero-order valence-corrected chi connectivity index (χ0v) is 20.6. The van der Waals surface area contributed by atoms with Crippen LogP contribution in [0.2, 0.25) is 0 Å². The van der Waals surface area contributed by atoms with E-state index in [1.807, 2.05) is 0 Å². The first-order chi connectivity index (χ1) is 15.2. The van der Waals surface area contributed by atoms with E-state index >= 15 is 0 Å². The molecule has 1 saturated heterocycles. The Bertz CT molecular complexity index is 859. The fourth-order valence-corrected chi connectivity index (χ4v) is 3.06. The first-order valence-electron chi connectivity index (χ1n) is 11.1. The van der Waals surface area contributed by atoms with Crippen LogP contribution in [0.25, 0.3) is 0 Å². The average Bonchev–Trinajstić information content (AvgIpc) is 3.04. The van der Waals surface area contributed by atoms with Gasteiger partial charge in [0.25, 0.3) is 0 Å². The molecule has 2 heterocycles. The van der Waals surface area contributed by atoms with Crippen molar-refractivity contribution in [3.63, 3.8) is 0 Å².